The Hall–Kier alpha value is -3.28. The maximum atomic E-state index is 13.1. The Morgan fingerprint density at radius 1 is 1.07 bits per heavy atom. The molecular formula is C23H23FN4O. The first-order valence-corrected chi connectivity index (χ1v) is 9.83. The molecule has 1 amide bonds. The average molecular weight is 390 g/mol. The zero-order valence-electron chi connectivity index (χ0n) is 16.3. The number of anilines is 2. The summed E-state index contributed by atoms with van der Waals surface area (Å²) in [6.45, 7) is 4.32. The van der Waals surface area contributed by atoms with Gasteiger partial charge in [0.25, 0.3) is 5.91 Å². The first-order chi connectivity index (χ1) is 14.1. The van der Waals surface area contributed by atoms with Crippen LogP contribution in [0.25, 0.3) is 11.1 Å². The molecule has 0 aliphatic carbocycles. The minimum atomic E-state index is -0.377. The minimum Gasteiger partial charge on any atom is -0.356 e. The van der Waals surface area contributed by atoms with Crippen LogP contribution >= 0.6 is 0 Å². The van der Waals surface area contributed by atoms with Crippen LogP contribution in [0.1, 0.15) is 30.1 Å². The molecule has 1 fully saturated rings. The van der Waals surface area contributed by atoms with E-state index in [1.165, 1.54) is 37.1 Å². The lowest BCUT2D eigenvalue weighted by Gasteiger charge is -2.32. The second-order valence-electron chi connectivity index (χ2n) is 7.49. The van der Waals surface area contributed by atoms with Crippen molar-refractivity contribution in [1.82, 2.24) is 9.97 Å². The van der Waals surface area contributed by atoms with Crippen LogP contribution < -0.4 is 10.2 Å². The molecule has 148 valence electrons. The molecule has 1 saturated heterocycles. The Morgan fingerprint density at radius 2 is 1.79 bits per heavy atom. The summed E-state index contributed by atoms with van der Waals surface area (Å²) in [4.78, 5) is 23.5. The van der Waals surface area contributed by atoms with E-state index in [0.29, 0.717) is 17.3 Å². The molecule has 29 heavy (non-hydrogen) atoms. The van der Waals surface area contributed by atoms with Gasteiger partial charge in [0.1, 0.15) is 17.5 Å². The summed E-state index contributed by atoms with van der Waals surface area (Å²) in [5, 5.41) is 2.77. The molecule has 5 nitrogen and oxygen atoms in total. The van der Waals surface area contributed by atoms with E-state index in [1.54, 1.807) is 6.20 Å². The van der Waals surface area contributed by atoms with E-state index in [1.807, 2.05) is 24.4 Å². The number of benzene rings is 1. The second kappa shape index (κ2) is 8.39. The van der Waals surface area contributed by atoms with Gasteiger partial charge in [-0.1, -0.05) is 6.92 Å². The molecule has 0 bridgehead atoms. The third kappa shape index (κ3) is 4.59. The number of nitrogens with one attached hydrogen (secondary N) is 1. The molecule has 1 atom stereocenters. The van der Waals surface area contributed by atoms with Gasteiger partial charge >= 0.3 is 0 Å². The number of pyridine rings is 2. The quantitative estimate of drug-likeness (QED) is 0.697. The molecule has 3 aromatic rings. The van der Waals surface area contributed by atoms with Gasteiger partial charge in [0, 0.05) is 31.0 Å². The Labute approximate surface area is 169 Å². The summed E-state index contributed by atoms with van der Waals surface area (Å²) >= 11 is 0. The molecule has 3 heterocycles. The van der Waals surface area contributed by atoms with Crippen molar-refractivity contribution in [2.45, 2.75) is 19.8 Å². The van der Waals surface area contributed by atoms with Crippen LogP contribution in [0.2, 0.25) is 0 Å². The number of carbonyl (C=O) groups excluding carboxylic acids is 1. The Bertz CT molecular complexity index is 1010. The fourth-order valence-corrected chi connectivity index (χ4v) is 3.64. The van der Waals surface area contributed by atoms with E-state index in [4.69, 9.17) is 0 Å². The van der Waals surface area contributed by atoms with E-state index in [-0.39, 0.29) is 11.7 Å². The molecule has 0 radical (unpaired) electrons. The summed E-state index contributed by atoms with van der Waals surface area (Å²) in [6, 6.07) is 13.2. The molecule has 0 saturated carbocycles. The zero-order valence-corrected chi connectivity index (χ0v) is 16.3. The lowest BCUT2D eigenvalue weighted by molar-refractivity contribution is 0.102. The van der Waals surface area contributed by atoms with Gasteiger partial charge in [0.2, 0.25) is 0 Å². The smallest absolute Gasteiger partial charge is 0.256 e. The van der Waals surface area contributed by atoms with Crippen LogP contribution in [-0.2, 0) is 0 Å². The highest BCUT2D eigenvalue weighted by molar-refractivity contribution is 6.03. The van der Waals surface area contributed by atoms with Crippen molar-refractivity contribution in [2.24, 2.45) is 5.92 Å². The number of piperidine rings is 1. The predicted octanol–water partition coefficient (Wildman–Crippen LogP) is 4.77. The van der Waals surface area contributed by atoms with Crippen LogP contribution in [0.15, 0.2) is 60.9 Å². The first kappa shape index (κ1) is 19.1. The van der Waals surface area contributed by atoms with Crippen molar-refractivity contribution < 1.29 is 9.18 Å². The van der Waals surface area contributed by atoms with Crippen molar-refractivity contribution in [1.29, 1.82) is 0 Å². The summed E-state index contributed by atoms with van der Waals surface area (Å²) in [6.07, 6.45) is 5.93. The van der Waals surface area contributed by atoms with E-state index < -0.39 is 0 Å². The third-order valence-electron chi connectivity index (χ3n) is 5.17. The van der Waals surface area contributed by atoms with Crippen LogP contribution in [-0.4, -0.2) is 29.0 Å². The van der Waals surface area contributed by atoms with E-state index in [2.05, 4.69) is 33.2 Å². The van der Waals surface area contributed by atoms with Crippen molar-refractivity contribution in [2.75, 3.05) is 23.3 Å². The van der Waals surface area contributed by atoms with Crippen molar-refractivity contribution >= 4 is 17.5 Å². The minimum absolute atomic E-state index is 0.327. The molecule has 6 heteroatoms. The fraction of sp³-hybridized carbons (Fsp3) is 0.261. The Balaban J connectivity index is 1.53. The van der Waals surface area contributed by atoms with Gasteiger partial charge in [-0.25, -0.2) is 14.4 Å². The molecule has 1 aliphatic heterocycles. The lowest BCUT2D eigenvalue weighted by atomic mass is 10.00. The lowest BCUT2D eigenvalue weighted by Crippen LogP contribution is -2.34. The molecule has 2 aromatic heterocycles. The topological polar surface area (TPSA) is 58.1 Å². The standard InChI is InChI=1S/C23H23FN4O/c1-16-3-2-12-28(15-16)22-14-19(9-11-26-22)18-8-10-25-21(13-18)27-23(29)17-4-6-20(24)7-5-17/h4-11,13-14,16H,2-3,12,15H2,1H3,(H,25,27,29). The highest BCUT2D eigenvalue weighted by Gasteiger charge is 2.18. The van der Waals surface area contributed by atoms with E-state index in [0.717, 1.165) is 30.0 Å². The predicted molar refractivity (Wildman–Crippen MR) is 112 cm³/mol. The van der Waals surface area contributed by atoms with Crippen molar-refractivity contribution in [3.8, 4) is 11.1 Å². The molecule has 1 aliphatic rings. The average Bonchev–Trinajstić information content (AvgIpc) is 2.74. The summed E-state index contributed by atoms with van der Waals surface area (Å²) in [5.74, 6) is 1.39. The maximum absolute atomic E-state index is 13.1. The van der Waals surface area contributed by atoms with Gasteiger partial charge in [0.05, 0.1) is 0 Å². The summed E-state index contributed by atoms with van der Waals surface area (Å²) < 4.78 is 13.1. The van der Waals surface area contributed by atoms with E-state index in [9.17, 15) is 9.18 Å². The zero-order chi connectivity index (χ0) is 20.2. The summed E-state index contributed by atoms with van der Waals surface area (Å²) in [5.41, 5.74) is 2.35. The Morgan fingerprint density at radius 3 is 2.55 bits per heavy atom. The number of halogens is 1. The van der Waals surface area contributed by atoms with Crippen LogP contribution in [0.4, 0.5) is 16.0 Å². The second-order valence-corrected chi connectivity index (χ2v) is 7.49. The molecule has 1 unspecified atom stereocenters. The molecule has 0 spiro atoms. The maximum Gasteiger partial charge on any atom is 0.256 e. The number of hydrogen-bond donors (Lipinski definition) is 1. The van der Waals surface area contributed by atoms with Gasteiger partial charge in [-0.2, -0.15) is 0 Å². The molecular weight excluding hydrogens is 367 g/mol. The van der Waals surface area contributed by atoms with Crippen LogP contribution in [0, 0.1) is 11.7 Å². The normalized spacial score (nSPS) is 16.5. The number of nitrogens with zero attached hydrogens (tertiary/aromatic N) is 3. The van der Waals surface area contributed by atoms with Gasteiger partial charge in [-0.05, 0) is 78.4 Å². The van der Waals surface area contributed by atoms with Crippen LogP contribution in [0.3, 0.4) is 0 Å². The number of carbonyl (C=O) groups is 1. The highest BCUT2D eigenvalue weighted by Crippen LogP contribution is 2.27. The van der Waals surface area contributed by atoms with Crippen LogP contribution in [0.5, 0.6) is 0 Å². The SMILES string of the molecule is CC1CCCN(c2cc(-c3ccnc(NC(=O)c4ccc(F)cc4)c3)ccn2)C1. The molecule has 1 aromatic carbocycles. The molecule has 1 N–H and O–H groups in total. The van der Waals surface area contributed by atoms with Crippen molar-refractivity contribution in [3.63, 3.8) is 0 Å². The number of aromatic nitrogens is 2. The summed E-state index contributed by atoms with van der Waals surface area (Å²) in [7, 11) is 0. The Kier molecular flexibility index (Phi) is 5.51. The third-order valence-corrected chi connectivity index (χ3v) is 5.17. The van der Waals surface area contributed by atoms with Gasteiger partial charge in [-0.15, -0.1) is 0 Å². The van der Waals surface area contributed by atoms with Gasteiger partial charge in [-0.3, -0.25) is 4.79 Å². The van der Waals surface area contributed by atoms with Gasteiger partial charge in [0.15, 0.2) is 0 Å². The van der Waals surface area contributed by atoms with E-state index >= 15 is 0 Å². The number of amides is 1. The fourth-order valence-electron chi connectivity index (χ4n) is 3.64. The largest absolute Gasteiger partial charge is 0.356 e. The highest BCUT2D eigenvalue weighted by atomic mass is 19.1. The number of hydrogen-bond acceptors (Lipinski definition) is 4. The van der Waals surface area contributed by atoms with Crippen molar-refractivity contribution in [3.05, 3.63) is 72.3 Å². The number of rotatable bonds is 4. The monoisotopic (exact) mass is 390 g/mol. The molecule has 4 rings (SSSR count). The van der Waals surface area contributed by atoms with Gasteiger partial charge < -0.3 is 10.2 Å². The first-order valence-electron chi connectivity index (χ1n) is 9.83.